The van der Waals surface area contributed by atoms with Gasteiger partial charge in [0.25, 0.3) is 0 Å². The first-order chi connectivity index (χ1) is 13.9. The summed E-state index contributed by atoms with van der Waals surface area (Å²) in [5, 5.41) is 7.14. The lowest BCUT2D eigenvalue weighted by molar-refractivity contribution is 0.415. The Labute approximate surface area is 183 Å². The monoisotopic (exact) mass is 439 g/mol. The van der Waals surface area contributed by atoms with Crippen molar-refractivity contribution in [1.29, 1.82) is 0 Å². The molecule has 1 aliphatic carbocycles. The predicted octanol–water partition coefficient (Wildman–Crippen LogP) is 6.73. The number of halogens is 2. The predicted molar refractivity (Wildman–Crippen MR) is 122 cm³/mol. The molecule has 2 aromatic rings. The maximum atomic E-state index is 6.15. The van der Waals surface area contributed by atoms with Crippen molar-refractivity contribution in [3.05, 3.63) is 28.5 Å². The molecule has 1 fully saturated rings. The van der Waals surface area contributed by atoms with Crippen molar-refractivity contribution in [1.82, 2.24) is 15.0 Å². The third-order valence-corrected chi connectivity index (χ3v) is 4.67. The van der Waals surface area contributed by atoms with Gasteiger partial charge in [0.05, 0.1) is 12.1 Å². The molecule has 8 heteroatoms. The molecule has 0 unspecified atom stereocenters. The lowest BCUT2D eigenvalue weighted by Crippen LogP contribution is -2.20. The third kappa shape index (κ3) is 8.62. The largest absolute Gasteiger partial charge is 0.495 e. The first kappa shape index (κ1) is 23.5. The Morgan fingerprint density at radius 2 is 1.59 bits per heavy atom. The lowest BCUT2D eigenvalue weighted by Gasteiger charge is -2.16. The average Bonchev–Trinajstić information content (AvgIpc) is 2.89. The molecule has 0 aliphatic heterocycles. The van der Waals surface area contributed by atoms with Gasteiger partial charge in [0.2, 0.25) is 17.2 Å². The Balaban J connectivity index is 0.000000687. The number of benzene rings is 1. The summed E-state index contributed by atoms with van der Waals surface area (Å²) in [5.74, 6) is 2.31. The van der Waals surface area contributed by atoms with Crippen molar-refractivity contribution >= 4 is 40.8 Å². The minimum atomic E-state index is 0.147. The van der Waals surface area contributed by atoms with Crippen LogP contribution in [0.15, 0.2) is 18.2 Å². The molecule has 3 rings (SSSR count). The van der Waals surface area contributed by atoms with Crippen LogP contribution in [0.3, 0.4) is 0 Å². The van der Waals surface area contributed by atoms with Crippen molar-refractivity contribution in [2.75, 3.05) is 17.7 Å². The van der Waals surface area contributed by atoms with Gasteiger partial charge in [-0.25, -0.2) is 0 Å². The Hall–Kier alpha value is -1.79. The van der Waals surface area contributed by atoms with E-state index in [1.165, 1.54) is 25.7 Å². The topological polar surface area (TPSA) is 72.0 Å². The number of hydrogen-bond acceptors (Lipinski definition) is 6. The average molecular weight is 440 g/mol. The SMILES string of the molecule is CC(C)C.COc1ccc(Nc2nc(Cl)nc(NC3CCCCCC3)n2)cc1Cl. The number of hydrogen-bond donors (Lipinski definition) is 2. The highest BCUT2D eigenvalue weighted by Gasteiger charge is 2.14. The van der Waals surface area contributed by atoms with Gasteiger partial charge in [0.15, 0.2) is 0 Å². The molecular formula is C21H31Cl2N5O. The van der Waals surface area contributed by atoms with Gasteiger partial charge < -0.3 is 15.4 Å². The fourth-order valence-corrected chi connectivity index (χ4v) is 3.37. The zero-order chi connectivity index (χ0) is 21.2. The first-order valence-corrected chi connectivity index (χ1v) is 10.9. The minimum absolute atomic E-state index is 0.147. The van der Waals surface area contributed by atoms with Gasteiger partial charge in [-0.2, -0.15) is 15.0 Å². The zero-order valence-electron chi connectivity index (χ0n) is 17.6. The molecule has 160 valence electrons. The maximum absolute atomic E-state index is 6.15. The van der Waals surface area contributed by atoms with Gasteiger partial charge in [-0.15, -0.1) is 0 Å². The summed E-state index contributed by atoms with van der Waals surface area (Å²) in [6, 6.07) is 5.74. The molecular weight excluding hydrogens is 409 g/mol. The molecule has 0 radical (unpaired) electrons. The van der Waals surface area contributed by atoms with E-state index in [9.17, 15) is 0 Å². The quantitative estimate of drug-likeness (QED) is 0.503. The molecule has 29 heavy (non-hydrogen) atoms. The number of methoxy groups -OCH3 is 1. The molecule has 0 spiro atoms. The highest BCUT2D eigenvalue weighted by molar-refractivity contribution is 6.32. The smallest absolute Gasteiger partial charge is 0.233 e. The van der Waals surface area contributed by atoms with Crippen LogP contribution in [0.4, 0.5) is 17.6 Å². The van der Waals surface area contributed by atoms with Crippen LogP contribution in [-0.4, -0.2) is 28.1 Å². The Morgan fingerprint density at radius 1 is 0.966 bits per heavy atom. The van der Waals surface area contributed by atoms with Crippen LogP contribution in [0.1, 0.15) is 59.3 Å². The standard InChI is InChI=1S/C17H21Cl2N5O.C4H10/c1-25-14-9-8-12(10-13(14)18)21-17-23-15(19)22-16(24-17)20-11-6-4-2-3-5-7-11;1-4(2)3/h8-11H,2-7H2,1H3,(H2,20,21,22,23,24);4H,1-3H3. The zero-order valence-corrected chi connectivity index (χ0v) is 19.1. The van der Waals surface area contributed by atoms with E-state index < -0.39 is 0 Å². The third-order valence-electron chi connectivity index (χ3n) is 4.20. The number of rotatable bonds is 5. The highest BCUT2D eigenvalue weighted by atomic mass is 35.5. The molecule has 2 N–H and O–H groups in total. The molecule has 0 atom stereocenters. The molecule has 1 heterocycles. The highest BCUT2D eigenvalue weighted by Crippen LogP contribution is 2.28. The second kappa shape index (κ2) is 12.0. The first-order valence-electron chi connectivity index (χ1n) is 10.2. The summed E-state index contributed by atoms with van der Waals surface area (Å²) in [4.78, 5) is 12.7. The summed E-state index contributed by atoms with van der Waals surface area (Å²) in [6.07, 6.45) is 7.29. The summed E-state index contributed by atoms with van der Waals surface area (Å²) in [5.41, 5.74) is 0.744. The van der Waals surface area contributed by atoms with Crippen LogP contribution in [0, 0.1) is 5.92 Å². The number of anilines is 3. The fraction of sp³-hybridized carbons (Fsp3) is 0.571. The van der Waals surface area contributed by atoms with Crippen molar-refractivity contribution < 1.29 is 4.74 Å². The van der Waals surface area contributed by atoms with E-state index in [0.29, 0.717) is 28.7 Å². The van der Waals surface area contributed by atoms with Crippen LogP contribution in [0.5, 0.6) is 5.75 Å². The molecule has 0 bridgehead atoms. The Kier molecular flexibility index (Phi) is 9.74. The van der Waals surface area contributed by atoms with Crippen molar-refractivity contribution in [3.63, 3.8) is 0 Å². The Bertz CT molecular complexity index is 762. The summed E-state index contributed by atoms with van der Waals surface area (Å²) in [7, 11) is 1.57. The molecule has 1 aromatic carbocycles. The van der Waals surface area contributed by atoms with Crippen LogP contribution in [0.2, 0.25) is 10.3 Å². The van der Waals surface area contributed by atoms with Crippen LogP contribution >= 0.6 is 23.2 Å². The van der Waals surface area contributed by atoms with Crippen molar-refractivity contribution in [2.24, 2.45) is 5.92 Å². The summed E-state index contributed by atoms with van der Waals surface area (Å²) < 4.78 is 5.15. The van der Waals surface area contributed by atoms with Gasteiger partial charge in [-0.05, 0) is 48.6 Å². The van der Waals surface area contributed by atoms with Gasteiger partial charge in [0.1, 0.15) is 5.75 Å². The molecule has 1 aliphatic rings. The number of nitrogens with one attached hydrogen (secondary N) is 2. The van der Waals surface area contributed by atoms with E-state index in [1.54, 1.807) is 19.2 Å². The van der Waals surface area contributed by atoms with Crippen LogP contribution in [-0.2, 0) is 0 Å². The second-order valence-electron chi connectivity index (χ2n) is 7.79. The van der Waals surface area contributed by atoms with E-state index in [1.807, 2.05) is 6.07 Å². The lowest BCUT2D eigenvalue weighted by atomic mass is 10.1. The normalized spacial score (nSPS) is 14.6. The molecule has 6 nitrogen and oxygen atoms in total. The van der Waals surface area contributed by atoms with Crippen molar-refractivity contribution in [3.8, 4) is 5.75 Å². The van der Waals surface area contributed by atoms with E-state index in [2.05, 4.69) is 46.4 Å². The van der Waals surface area contributed by atoms with Gasteiger partial charge in [0, 0.05) is 11.7 Å². The maximum Gasteiger partial charge on any atom is 0.233 e. The molecule has 1 aromatic heterocycles. The Morgan fingerprint density at radius 3 is 2.17 bits per heavy atom. The van der Waals surface area contributed by atoms with Crippen LogP contribution in [0.25, 0.3) is 0 Å². The van der Waals surface area contributed by atoms with Gasteiger partial charge >= 0.3 is 0 Å². The summed E-state index contributed by atoms with van der Waals surface area (Å²) in [6.45, 7) is 6.50. The summed E-state index contributed by atoms with van der Waals surface area (Å²) >= 11 is 12.2. The molecule has 0 saturated heterocycles. The van der Waals surface area contributed by atoms with E-state index in [4.69, 9.17) is 27.9 Å². The number of aromatic nitrogens is 3. The van der Waals surface area contributed by atoms with E-state index in [0.717, 1.165) is 24.4 Å². The molecule has 0 amide bonds. The minimum Gasteiger partial charge on any atom is -0.495 e. The molecule has 1 saturated carbocycles. The van der Waals surface area contributed by atoms with E-state index >= 15 is 0 Å². The van der Waals surface area contributed by atoms with Crippen molar-refractivity contribution in [2.45, 2.75) is 65.3 Å². The second-order valence-corrected chi connectivity index (χ2v) is 8.54. The number of nitrogens with zero attached hydrogens (tertiary/aromatic N) is 3. The van der Waals surface area contributed by atoms with E-state index in [-0.39, 0.29) is 5.28 Å². The van der Waals surface area contributed by atoms with Crippen LogP contribution < -0.4 is 15.4 Å². The van der Waals surface area contributed by atoms with Gasteiger partial charge in [-0.1, -0.05) is 58.1 Å². The fourth-order valence-electron chi connectivity index (χ4n) is 2.95. The van der Waals surface area contributed by atoms with Gasteiger partial charge in [-0.3, -0.25) is 0 Å². The number of ether oxygens (including phenoxy) is 1.